The highest BCUT2D eigenvalue weighted by atomic mass is 16.5. The van der Waals surface area contributed by atoms with Crippen molar-refractivity contribution in [1.29, 1.82) is 0 Å². The van der Waals surface area contributed by atoms with Crippen molar-refractivity contribution in [2.45, 2.75) is 25.4 Å². The number of nitrogens with one attached hydrogen (secondary N) is 1. The molecule has 1 amide bonds. The number of aromatic nitrogens is 3. The smallest absolute Gasteiger partial charge is 0.275 e. The number of carbonyl (C=O) groups excluding carboxylic acids is 1. The molecule has 0 bridgehead atoms. The minimum absolute atomic E-state index is 0.105. The molecule has 6 heteroatoms. The van der Waals surface area contributed by atoms with Crippen LogP contribution < -0.4 is 0 Å². The van der Waals surface area contributed by atoms with Gasteiger partial charge in [0.05, 0.1) is 12.3 Å². The molecular weight excluding hydrogens is 208 g/mol. The van der Waals surface area contributed by atoms with Crippen LogP contribution in [0.3, 0.4) is 0 Å². The van der Waals surface area contributed by atoms with Gasteiger partial charge < -0.3 is 9.64 Å². The molecule has 1 saturated heterocycles. The molecule has 2 heterocycles. The number of hydrogen-bond acceptors (Lipinski definition) is 4. The van der Waals surface area contributed by atoms with Crippen LogP contribution >= 0.6 is 0 Å². The first-order valence-electron chi connectivity index (χ1n) is 5.50. The number of rotatable bonds is 4. The second kappa shape index (κ2) is 5.07. The summed E-state index contributed by atoms with van der Waals surface area (Å²) in [5.74, 6) is -0.105. The van der Waals surface area contributed by atoms with Crippen molar-refractivity contribution in [3.63, 3.8) is 0 Å². The second-order valence-electron chi connectivity index (χ2n) is 4.01. The van der Waals surface area contributed by atoms with E-state index >= 15 is 0 Å². The van der Waals surface area contributed by atoms with Crippen LogP contribution in [-0.2, 0) is 4.74 Å². The zero-order valence-corrected chi connectivity index (χ0v) is 9.35. The molecule has 0 saturated carbocycles. The monoisotopic (exact) mass is 224 g/mol. The van der Waals surface area contributed by atoms with Crippen LogP contribution in [0.25, 0.3) is 0 Å². The molecule has 0 spiro atoms. The van der Waals surface area contributed by atoms with Crippen molar-refractivity contribution in [3.8, 4) is 0 Å². The Kier molecular flexibility index (Phi) is 3.51. The maximum Gasteiger partial charge on any atom is 0.275 e. The lowest BCUT2D eigenvalue weighted by atomic mass is 10.2. The van der Waals surface area contributed by atoms with E-state index in [-0.39, 0.29) is 5.91 Å². The van der Waals surface area contributed by atoms with E-state index in [1.54, 1.807) is 11.9 Å². The molecule has 1 aliphatic rings. The van der Waals surface area contributed by atoms with E-state index in [9.17, 15) is 4.79 Å². The molecule has 1 aliphatic heterocycles. The predicted molar refractivity (Wildman–Crippen MR) is 56.9 cm³/mol. The van der Waals surface area contributed by atoms with Crippen LogP contribution in [0, 0.1) is 0 Å². The highest BCUT2D eigenvalue weighted by molar-refractivity contribution is 5.91. The second-order valence-corrected chi connectivity index (χ2v) is 4.01. The molecule has 1 fully saturated rings. The Morgan fingerprint density at radius 1 is 1.75 bits per heavy atom. The SMILES string of the molecule is CN(CCC1CCCO1)C(=O)c1cn[nH]n1. The molecule has 0 aromatic carbocycles. The van der Waals surface area contributed by atoms with Crippen molar-refractivity contribution >= 4 is 5.91 Å². The van der Waals surface area contributed by atoms with Gasteiger partial charge in [0.25, 0.3) is 5.91 Å². The van der Waals surface area contributed by atoms with Crippen LogP contribution in [0.1, 0.15) is 29.8 Å². The van der Waals surface area contributed by atoms with Crippen molar-refractivity contribution in [2.75, 3.05) is 20.2 Å². The minimum atomic E-state index is -0.105. The van der Waals surface area contributed by atoms with Crippen molar-refractivity contribution in [2.24, 2.45) is 0 Å². The zero-order chi connectivity index (χ0) is 11.4. The van der Waals surface area contributed by atoms with Gasteiger partial charge in [0.15, 0.2) is 5.69 Å². The molecule has 1 unspecified atom stereocenters. The van der Waals surface area contributed by atoms with E-state index in [0.29, 0.717) is 18.3 Å². The maximum atomic E-state index is 11.8. The summed E-state index contributed by atoms with van der Waals surface area (Å²) in [6, 6.07) is 0. The number of carbonyl (C=O) groups is 1. The van der Waals surface area contributed by atoms with E-state index in [1.165, 1.54) is 6.20 Å². The summed E-state index contributed by atoms with van der Waals surface area (Å²) < 4.78 is 5.50. The summed E-state index contributed by atoms with van der Waals surface area (Å²) in [6.07, 6.45) is 4.87. The average molecular weight is 224 g/mol. The third kappa shape index (κ3) is 2.57. The lowest BCUT2D eigenvalue weighted by Gasteiger charge is -2.17. The van der Waals surface area contributed by atoms with Crippen LogP contribution in [0.4, 0.5) is 0 Å². The first-order valence-corrected chi connectivity index (χ1v) is 5.50. The number of H-pyrrole nitrogens is 1. The highest BCUT2D eigenvalue weighted by Crippen LogP contribution is 2.15. The van der Waals surface area contributed by atoms with Crippen molar-refractivity contribution in [3.05, 3.63) is 11.9 Å². The van der Waals surface area contributed by atoms with Gasteiger partial charge in [0.2, 0.25) is 0 Å². The van der Waals surface area contributed by atoms with Crippen LogP contribution in [0.2, 0.25) is 0 Å². The Balaban J connectivity index is 1.78. The fourth-order valence-corrected chi connectivity index (χ4v) is 1.81. The van der Waals surface area contributed by atoms with Gasteiger partial charge in [-0.2, -0.15) is 15.4 Å². The fourth-order valence-electron chi connectivity index (χ4n) is 1.81. The Labute approximate surface area is 94.0 Å². The van der Waals surface area contributed by atoms with Gasteiger partial charge in [-0.3, -0.25) is 4.79 Å². The summed E-state index contributed by atoms with van der Waals surface area (Å²) >= 11 is 0. The predicted octanol–water partition coefficient (Wildman–Crippen LogP) is 0.446. The van der Waals surface area contributed by atoms with Gasteiger partial charge in [-0.1, -0.05) is 0 Å². The molecular formula is C10H16N4O2. The normalized spacial score (nSPS) is 19.9. The first-order chi connectivity index (χ1) is 7.77. The quantitative estimate of drug-likeness (QED) is 0.805. The topological polar surface area (TPSA) is 71.1 Å². The summed E-state index contributed by atoms with van der Waals surface area (Å²) in [5.41, 5.74) is 0.356. The third-order valence-corrected chi connectivity index (χ3v) is 2.79. The lowest BCUT2D eigenvalue weighted by molar-refractivity contribution is 0.0710. The summed E-state index contributed by atoms with van der Waals surface area (Å²) in [7, 11) is 1.77. The van der Waals surface area contributed by atoms with Gasteiger partial charge in [0.1, 0.15) is 0 Å². The van der Waals surface area contributed by atoms with E-state index in [2.05, 4.69) is 15.4 Å². The highest BCUT2D eigenvalue weighted by Gasteiger charge is 2.19. The zero-order valence-electron chi connectivity index (χ0n) is 9.35. The third-order valence-electron chi connectivity index (χ3n) is 2.79. The van der Waals surface area contributed by atoms with Gasteiger partial charge in [0, 0.05) is 20.2 Å². The Hall–Kier alpha value is -1.43. The van der Waals surface area contributed by atoms with Crippen LogP contribution in [0.15, 0.2) is 6.20 Å². The van der Waals surface area contributed by atoms with Crippen LogP contribution in [0.5, 0.6) is 0 Å². The standard InChI is InChI=1S/C10H16N4O2/c1-14(5-4-8-3-2-6-16-8)10(15)9-7-11-13-12-9/h7-8H,2-6H2,1H3,(H,11,12,13). The number of nitrogens with zero attached hydrogens (tertiary/aromatic N) is 3. The van der Waals surface area contributed by atoms with Gasteiger partial charge >= 0.3 is 0 Å². The molecule has 6 nitrogen and oxygen atoms in total. The van der Waals surface area contributed by atoms with Crippen LogP contribution in [-0.4, -0.2) is 52.5 Å². The van der Waals surface area contributed by atoms with E-state index < -0.39 is 0 Å². The largest absolute Gasteiger partial charge is 0.378 e. The van der Waals surface area contributed by atoms with E-state index in [4.69, 9.17) is 4.74 Å². The van der Waals surface area contributed by atoms with Gasteiger partial charge in [-0.05, 0) is 19.3 Å². The number of hydrogen-bond donors (Lipinski definition) is 1. The van der Waals surface area contributed by atoms with Crippen molar-refractivity contribution < 1.29 is 9.53 Å². The molecule has 16 heavy (non-hydrogen) atoms. The molecule has 1 N–H and O–H groups in total. The molecule has 2 rings (SSSR count). The Morgan fingerprint density at radius 2 is 2.62 bits per heavy atom. The first kappa shape index (κ1) is 11.1. The Bertz CT molecular complexity index is 333. The molecule has 1 aromatic heterocycles. The average Bonchev–Trinajstić information content (AvgIpc) is 2.96. The van der Waals surface area contributed by atoms with E-state index in [0.717, 1.165) is 25.9 Å². The molecule has 0 radical (unpaired) electrons. The Morgan fingerprint density at radius 3 is 3.25 bits per heavy atom. The molecule has 1 atom stereocenters. The number of ether oxygens (including phenoxy) is 1. The van der Waals surface area contributed by atoms with Crippen molar-refractivity contribution in [1.82, 2.24) is 20.3 Å². The van der Waals surface area contributed by atoms with E-state index in [1.807, 2.05) is 0 Å². The lowest BCUT2D eigenvalue weighted by Crippen LogP contribution is -2.30. The van der Waals surface area contributed by atoms with Gasteiger partial charge in [-0.15, -0.1) is 0 Å². The minimum Gasteiger partial charge on any atom is -0.378 e. The molecule has 88 valence electrons. The maximum absolute atomic E-state index is 11.8. The summed E-state index contributed by atoms with van der Waals surface area (Å²) in [6.45, 7) is 1.54. The molecule has 1 aromatic rings. The number of amides is 1. The fraction of sp³-hybridized carbons (Fsp3) is 0.700. The summed E-state index contributed by atoms with van der Waals surface area (Å²) in [4.78, 5) is 13.4. The van der Waals surface area contributed by atoms with Gasteiger partial charge in [-0.25, -0.2) is 0 Å². The summed E-state index contributed by atoms with van der Waals surface area (Å²) in [5, 5.41) is 9.80. The molecule has 0 aliphatic carbocycles. The number of aromatic amines is 1.